The van der Waals surface area contributed by atoms with Crippen LogP contribution in [0.2, 0.25) is 0 Å². The molecule has 2 saturated carbocycles. The summed E-state index contributed by atoms with van der Waals surface area (Å²) in [6.45, 7) is 5.97. The molecule has 2 aliphatic rings. The number of hydrogen-bond acceptors (Lipinski definition) is 5. The van der Waals surface area contributed by atoms with Crippen LogP contribution in [-0.4, -0.2) is 34.7 Å². The average molecular weight is 380 g/mol. The molecule has 0 aliphatic heterocycles. The van der Waals surface area contributed by atoms with Gasteiger partial charge in [0.15, 0.2) is 0 Å². The highest BCUT2D eigenvalue weighted by Gasteiger charge is 2.36. The van der Waals surface area contributed by atoms with Crippen LogP contribution < -0.4 is 10.6 Å². The highest BCUT2D eigenvalue weighted by atomic mass is 32.1. The molecule has 1 aromatic rings. The van der Waals surface area contributed by atoms with E-state index in [-0.39, 0.29) is 5.91 Å². The lowest BCUT2D eigenvalue weighted by Crippen LogP contribution is -2.57. The fourth-order valence-electron chi connectivity index (χ4n) is 3.34. The molecular formula is C19H29N3O3S. The Morgan fingerprint density at radius 3 is 2.58 bits per heavy atom. The van der Waals surface area contributed by atoms with Crippen molar-refractivity contribution in [2.24, 2.45) is 0 Å². The van der Waals surface area contributed by atoms with Crippen LogP contribution in [0.4, 0.5) is 4.79 Å². The Hall–Kier alpha value is -1.63. The van der Waals surface area contributed by atoms with Gasteiger partial charge in [-0.3, -0.25) is 4.79 Å². The molecular weight excluding hydrogens is 350 g/mol. The van der Waals surface area contributed by atoms with Crippen molar-refractivity contribution in [1.29, 1.82) is 0 Å². The van der Waals surface area contributed by atoms with E-state index in [2.05, 4.69) is 15.6 Å². The summed E-state index contributed by atoms with van der Waals surface area (Å²) in [5.74, 6) is 0.449. The van der Waals surface area contributed by atoms with Crippen LogP contribution >= 0.6 is 11.3 Å². The predicted octanol–water partition coefficient (Wildman–Crippen LogP) is 3.98. The zero-order valence-electron chi connectivity index (χ0n) is 15.9. The van der Waals surface area contributed by atoms with Crippen molar-refractivity contribution < 1.29 is 14.3 Å². The van der Waals surface area contributed by atoms with E-state index in [9.17, 15) is 9.59 Å². The van der Waals surface area contributed by atoms with Gasteiger partial charge in [0, 0.05) is 12.5 Å². The van der Waals surface area contributed by atoms with Crippen LogP contribution in [0.5, 0.6) is 0 Å². The second-order valence-corrected chi connectivity index (χ2v) is 9.55. The van der Waals surface area contributed by atoms with Gasteiger partial charge in [-0.2, -0.15) is 0 Å². The minimum absolute atomic E-state index is 0.106. The average Bonchev–Trinajstić information content (AvgIpc) is 3.29. The van der Waals surface area contributed by atoms with Gasteiger partial charge in [-0.15, -0.1) is 11.3 Å². The second-order valence-electron chi connectivity index (χ2n) is 8.49. The maximum Gasteiger partial charge on any atom is 0.408 e. The van der Waals surface area contributed by atoms with Gasteiger partial charge in [0.2, 0.25) is 0 Å². The van der Waals surface area contributed by atoms with Crippen LogP contribution in [-0.2, 0) is 4.74 Å². The van der Waals surface area contributed by atoms with E-state index in [0.717, 1.165) is 37.1 Å². The largest absolute Gasteiger partial charge is 0.444 e. The lowest BCUT2D eigenvalue weighted by molar-refractivity contribution is 0.0419. The molecule has 6 nitrogen and oxygen atoms in total. The Bertz CT molecular complexity index is 655. The van der Waals surface area contributed by atoms with Crippen LogP contribution in [0.1, 0.15) is 86.3 Å². The quantitative estimate of drug-likeness (QED) is 0.811. The van der Waals surface area contributed by atoms with Crippen LogP contribution in [0.15, 0.2) is 6.20 Å². The molecule has 7 heteroatoms. The van der Waals surface area contributed by atoms with Crippen molar-refractivity contribution in [3.05, 3.63) is 16.1 Å². The zero-order chi connectivity index (χ0) is 18.8. The summed E-state index contributed by atoms with van der Waals surface area (Å²) >= 11 is 1.48. The number of ether oxygens (including phenoxy) is 1. The first-order valence-corrected chi connectivity index (χ1v) is 10.3. The van der Waals surface area contributed by atoms with E-state index >= 15 is 0 Å². The number of aromatic nitrogens is 1. The molecule has 2 fully saturated rings. The Morgan fingerprint density at radius 1 is 1.27 bits per heavy atom. The predicted molar refractivity (Wildman–Crippen MR) is 102 cm³/mol. The highest BCUT2D eigenvalue weighted by molar-refractivity contribution is 7.13. The van der Waals surface area contributed by atoms with Crippen molar-refractivity contribution in [3.8, 4) is 0 Å². The highest BCUT2D eigenvalue weighted by Crippen LogP contribution is 2.41. The summed E-state index contributed by atoms with van der Waals surface area (Å²) in [5, 5.41) is 7.12. The van der Waals surface area contributed by atoms with E-state index in [4.69, 9.17) is 4.74 Å². The number of carbonyl (C=O) groups excluding carboxylic acids is 2. The Balaban J connectivity index is 1.60. The summed E-state index contributed by atoms with van der Waals surface area (Å²) in [7, 11) is 0. The molecule has 144 valence electrons. The molecule has 0 aromatic carbocycles. The van der Waals surface area contributed by atoms with Gasteiger partial charge < -0.3 is 15.4 Å². The lowest BCUT2D eigenvalue weighted by atomic mass is 9.81. The molecule has 1 heterocycles. The number of rotatable bonds is 5. The summed E-state index contributed by atoms with van der Waals surface area (Å²) in [5.41, 5.74) is -0.967. The third-order valence-electron chi connectivity index (χ3n) is 4.84. The molecule has 2 aliphatic carbocycles. The van der Waals surface area contributed by atoms with Gasteiger partial charge in [-0.1, -0.05) is 19.3 Å². The van der Waals surface area contributed by atoms with Crippen molar-refractivity contribution in [2.45, 2.75) is 82.8 Å². The molecule has 0 spiro atoms. The van der Waals surface area contributed by atoms with Gasteiger partial charge in [0.05, 0.1) is 16.7 Å². The maximum absolute atomic E-state index is 12.5. The molecule has 3 rings (SSSR count). The molecule has 2 amide bonds. The Kier molecular flexibility index (Phi) is 5.55. The zero-order valence-corrected chi connectivity index (χ0v) is 16.7. The molecule has 26 heavy (non-hydrogen) atoms. The van der Waals surface area contributed by atoms with E-state index < -0.39 is 17.2 Å². The normalized spacial score (nSPS) is 19.7. The van der Waals surface area contributed by atoms with Gasteiger partial charge in [-0.25, -0.2) is 9.78 Å². The number of hydrogen-bond donors (Lipinski definition) is 2. The Morgan fingerprint density at radius 2 is 1.96 bits per heavy atom. The second kappa shape index (κ2) is 7.55. The van der Waals surface area contributed by atoms with Gasteiger partial charge in [0.25, 0.3) is 5.91 Å². The Labute approximate surface area is 159 Å². The standard InChI is InChI=1S/C19H29N3O3S/c1-18(2,3)25-17(24)22-19(9-5-4-6-10-19)12-21-15(23)14-11-20-16(26-14)13-7-8-13/h11,13H,4-10,12H2,1-3H3,(H,21,23)(H,22,24). The van der Waals surface area contributed by atoms with Gasteiger partial charge in [0.1, 0.15) is 10.5 Å². The van der Waals surface area contributed by atoms with Crippen LogP contribution in [0.25, 0.3) is 0 Å². The van der Waals surface area contributed by atoms with E-state index in [0.29, 0.717) is 17.3 Å². The van der Waals surface area contributed by atoms with E-state index in [1.807, 2.05) is 20.8 Å². The SMILES string of the molecule is CC(C)(C)OC(=O)NC1(CNC(=O)c2cnc(C3CC3)s2)CCCCC1. The van der Waals surface area contributed by atoms with Crippen molar-refractivity contribution in [2.75, 3.05) is 6.54 Å². The summed E-state index contributed by atoms with van der Waals surface area (Å²) in [6, 6.07) is 0. The first-order chi connectivity index (χ1) is 12.3. The third-order valence-corrected chi connectivity index (χ3v) is 6.00. The molecule has 1 aromatic heterocycles. The number of amides is 2. The number of alkyl carbamates (subject to hydrolysis) is 1. The monoisotopic (exact) mass is 379 g/mol. The lowest BCUT2D eigenvalue weighted by Gasteiger charge is -2.38. The fraction of sp³-hybridized carbons (Fsp3) is 0.737. The fourth-order valence-corrected chi connectivity index (χ4v) is 4.35. The smallest absolute Gasteiger partial charge is 0.408 e. The molecule has 0 bridgehead atoms. The molecule has 0 saturated heterocycles. The first kappa shape index (κ1) is 19.1. The van der Waals surface area contributed by atoms with Crippen LogP contribution in [0.3, 0.4) is 0 Å². The summed E-state index contributed by atoms with van der Waals surface area (Å²) in [6.07, 6.45) is 8.55. The number of carbonyl (C=O) groups is 2. The third kappa shape index (κ3) is 5.19. The van der Waals surface area contributed by atoms with Crippen molar-refractivity contribution >= 4 is 23.3 Å². The summed E-state index contributed by atoms with van der Waals surface area (Å²) < 4.78 is 5.42. The minimum atomic E-state index is -0.537. The summed E-state index contributed by atoms with van der Waals surface area (Å²) in [4.78, 5) is 29.8. The number of nitrogens with one attached hydrogen (secondary N) is 2. The van der Waals surface area contributed by atoms with Crippen molar-refractivity contribution in [3.63, 3.8) is 0 Å². The number of thiazole rings is 1. The van der Waals surface area contributed by atoms with E-state index in [1.54, 1.807) is 6.20 Å². The topological polar surface area (TPSA) is 80.3 Å². The maximum atomic E-state index is 12.5. The molecule has 0 radical (unpaired) electrons. The van der Waals surface area contributed by atoms with Crippen LogP contribution in [0, 0.1) is 0 Å². The minimum Gasteiger partial charge on any atom is -0.444 e. The number of nitrogens with zero attached hydrogens (tertiary/aromatic N) is 1. The van der Waals surface area contributed by atoms with Gasteiger partial charge in [-0.05, 0) is 46.5 Å². The first-order valence-electron chi connectivity index (χ1n) is 9.51. The molecule has 2 N–H and O–H groups in total. The van der Waals surface area contributed by atoms with Gasteiger partial charge >= 0.3 is 6.09 Å². The van der Waals surface area contributed by atoms with Crippen molar-refractivity contribution in [1.82, 2.24) is 15.6 Å². The molecule has 0 unspecified atom stereocenters. The van der Waals surface area contributed by atoms with E-state index in [1.165, 1.54) is 24.2 Å². The molecule has 0 atom stereocenters.